The molecule has 6 N–H and O–H groups in total. The number of nitrogens with two attached hydrogens (primary N) is 1. The SMILES string of the molecule is NCc1cccc(-n2nc(C(F)(F)F)cc2C(=O)Nc2ccc(-c3cccc4c3S(O)(O)NC4)cc2)c1. The molecule has 4 aromatic rings. The first-order chi connectivity index (χ1) is 17.6. The molecule has 192 valence electrons. The lowest BCUT2D eigenvalue weighted by Gasteiger charge is -2.29. The molecular formula is C25H22F3N5O3S. The summed E-state index contributed by atoms with van der Waals surface area (Å²) in [6.07, 6.45) is -4.74. The second-order valence-electron chi connectivity index (χ2n) is 8.39. The quantitative estimate of drug-likeness (QED) is 0.236. The van der Waals surface area contributed by atoms with Gasteiger partial charge in [-0.05, 0) is 41.0 Å². The van der Waals surface area contributed by atoms with Crippen LogP contribution in [0.1, 0.15) is 27.3 Å². The number of aromatic nitrogens is 2. The molecule has 0 saturated heterocycles. The maximum absolute atomic E-state index is 13.4. The van der Waals surface area contributed by atoms with Gasteiger partial charge in [0, 0.05) is 30.4 Å². The van der Waals surface area contributed by atoms with E-state index in [1.54, 1.807) is 48.5 Å². The molecule has 0 saturated carbocycles. The van der Waals surface area contributed by atoms with Crippen molar-refractivity contribution in [3.05, 3.63) is 95.3 Å². The summed E-state index contributed by atoms with van der Waals surface area (Å²) in [5.41, 5.74) is 7.52. The molecule has 3 aromatic carbocycles. The van der Waals surface area contributed by atoms with Gasteiger partial charge in [0.25, 0.3) is 5.91 Å². The van der Waals surface area contributed by atoms with Crippen LogP contribution in [0, 0.1) is 0 Å². The highest BCUT2D eigenvalue weighted by atomic mass is 32.3. The lowest BCUT2D eigenvalue weighted by atomic mass is 10.0. The van der Waals surface area contributed by atoms with Gasteiger partial charge in [-0.2, -0.15) is 18.3 Å². The topological polar surface area (TPSA) is 125 Å². The van der Waals surface area contributed by atoms with Crippen LogP contribution in [-0.4, -0.2) is 24.8 Å². The van der Waals surface area contributed by atoms with E-state index in [0.717, 1.165) is 10.2 Å². The van der Waals surface area contributed by atoms with Crippen molar-refractivity contribution in [2.24, 2.45) is 5.73 Å². The molecule has 0 fully saturated rings. The van der Waals surface area contributed by atoms with Crippen LogP contribution in [0.4, 0.5) is 18.9 Å². The molecule has 2 heterocycles. The van der Waals surface area contributed by atoms with E-state index < -0.39 is 28.6 Å². The van der Waals surface area contributed by atoms with Crippen molar-refractivity contribution in [3.8, 4) is 16.8 Å². The Hall–Kier alpha value is -3.68. The number of hydrogen-bond donors (Lipinski definition) is 5. The summed E-state index contributed by atoms with van der Waals surface area (Å²) in [5, 5.41) is 6.24. The lowest BCUT2D eigenvalue weighted by molar-refractivity contribution is -0.141. The molecule has 0 atom stereocenters. The van der Waals surface area contributed by atoms with Crippen LogP contribution in [0.5, 0.6) is 0 Å². The first-order valence-electron chi connectivity index (χ1n) is 11.1. The van der Waals surface area contributed by atoms with Gasteiger partial charge in [-0.3, -0.25) is 13.9 Å². The lowest BCUT2D eigenvalue weighted by Crippen LogP contribution is -2.17. The standard InChI is InChI=1S/C25H22F3N5O3S/c26-25(27,28)22-12-21(33(32-22)19-5-1-3-15(11-19)13-29)24(34)31-18-9-7-16(8-10-18)20-6-2-4-17-14-30-37(35,36)23(17)20/h1-12,30,35-36H,13-14,29H2,(H,31,34). The number of fused-ring (bicyclic) bond motifs is 1. The van der Waals surface area contributed by atoms with Crippen molar-refractivity contribution >= 4 is 22.4 Å². The Bertz CT molecular complexity index is 1490. The third-order valence-electron chi connectivity index (χ3n) is 5.92. The molecule has 8 nitrogen and oxygen atoms in total. The van der Waals surface area contributed by atoms with Crippen molar-refractivity contribution in [2.75, 3.05) is 5.32 Å². The molecule has 0 spiro atoms. The number of nitrogens with one attached hydrogen (secondary N) is 2. The van der Waals surface area contributed by atoms with Crippen LogP contribution < -0.4 is 15.8 Å². The maximum Gasteiger partial charge on any atom is 0.435 e. The van der Waals surface area contributed by atoms with Crippen LogP contribution in [-0.2, 0) is 19.3 Å². The Kier molecular flexibility index (Phi) is 6.30. The molecular weight excluding hydrogens is 507 g/mol. The van der Waals surface area contributed by atoms with Gasteiger partial charge >= 0.3 is 6.18 Å². The number of benzene rings is 3. The van der Waals surface area contributed by atoms with Crippen molar-refractivity contribution in [1.82, 2.24) is 14.5 Å². The van der Waals surface area contributed by atoms with E-state index in [1.807, 2.05) is 12.1 Å². The minimum absolute atomic E-state index is 0.172. The first kappa shape index (κ1) is 25.0. The van der Waals surface area contributed by atoms with Gasteiger partial charge in [-0.15, -0.1) is 10.8 Å². The molecule has 12 heteroatoms. The zero-order valence-corrected chi connectivity index (χ0v) is 20.0. The summed E-state index contributed by atoms with van der Waals surface area (Å²) in [5.74, 6) is -0.784. The Morgan fingerprint density at radius 1 is 1.08 bits per heavy atom. The number of anilines is 1. The van der Waals surface area contributed by atoms with Gasteiger partial charge in [-0.25, -0.2) is 9.40 Å². The fourth-order valence-electron chi connectivity index (χ4n) is 4.16. The zero-order valence-electron chi connectivity index (χ0n) is 19.2. The van der Waals surface area contributed by atoms with E-state index in [9.17, 15) is 27.1 Å². The summed E-state index contributed by atoms with van der Waals surface area (Å²) >= 11 is 0. The zero-order chi connectivity index (χ0) is 26.4. The molecule has 5 rings (SSSR count). The van der Waals surface area contributed by atoms with Crippen LogP contribution in [0.2, 0.25) is 0 Å². The molecule has 0 aliphatic carbocycles. The van der Waals surface area contributed by atoms with Gasteiger partial charge in [-0.1, -0.05) is 42.5 Å². The number of carbonyl (C=O) groups excluding carboxylic acids is 1. The van der Waals surface area contributed by atoms with Crippen molar-refractivity contribution < 1.29 is 27.1 Å². The molecule has 37 heavy (non-hydrogen) atoms. The third kappa shape index (κ3) is 4.84. The van der Waals surface area contributed by atoms with E-state index >= 15 is 0 Å². The molecule has 1 amide bonds. The summed E-state index contributed by atoms with van der Waals surface area (Å²) in [6, 6.07) is 19.1. The Balaban J connectivity index is 1.45. The van der Waals surface area contributed by atoms with Crippen LogP contribution in [0.25, 0.3) is 16.8 Å². The van der Waals surface area contributed by atoms with E-state index in [4.69, 9.17) is 5.73 Å². The highest BCUT2D eigenvalue weighted by Crippen LogP contribution is 2.54. The monoisotopic (exact) mass is 529 g/mol. The smallest absolute Gasteiger partial charge is 0.326 e. The van der Waals surface area contributed by atoms with Gasteiger partial charge < -0.3 is 11.1 Å². The number of rotatable bonds is 5. The average Bonchev–Trinajstić information content (AvgIpc) is 3.47. The predicted octanol–water partition coefficient (Wildman–Crippen LogP) is 5.40. The van der Waals surface area contributed by atoms with Gasteiger partial charge in [0.1, 0.15) is 5.69 Å². The van der Waals surface area contributed by atoms with Crippen molar-refractivity contribution in [3.63, 3.8) is 0 Å². The largest absolute Gasteiger partial charge is 0.435 e. The van der Waals surface area contributed by atoms with Gasteiger partial charge in [0.15, 0.2) is 5.69 Å². The summed E-state index contributed by atoms with van der Waals surface area (Å²) in [7, 11) is -3.12. The van der Waals surface area contributed by atoms with Crippen LogP contribution in [0.3, 0.4) is 0 Å². The van der Waals surface area contributed by atoms with E-state index in [0.29, 0.717) is 39.9 Å². The molecule has 1 aromatic heterocycles. The number of hydrogen-bond acceptors (Lipinski definition) is 6. The fraction of sp³-hybridized carbons (Fsp3) is 0.120. The first-order valence-corrected chi connectivity index (χ1v) is 12.6. The van der Waals surface area contributed by atoms with Gasteiger partial charge in [0.05, 0.1) is 10.6 Å². The Morgan fingerprint density at radius 3 is 2.51 bits per heavy atom. The number of amides is 1. The van der Waals surface area contributed by atoms with E-state index in [2.05, 4.69) is 15.1 Å². The third-order valence-corrected chi connectivity index (χ3v) is 7.52. The number of nitrogens with zero attached hydrogens (tertiary/aromatic N) is 2. The maximum atomic E-state index is 13.4. The minimum atomic E-state index is -4.74. The minimum Gasteiger partial charge on any atom is -0.326 e. The number of halogens is 3. The van der Waals surface area contributed by atoms with Crippen molar-refractivity contribution in [1.29, 1.82) is 0 Å². The van der Waals surface area contributed by atoms with Gasteiger partial charge in [0.2, 0.25) is 0 Å². The normalized spacial score (nSPS) is 15.3. The van der Waals surface area contributed by atoms with Crippen LogP contribution in [0.15, 0.2) is 77.7 Å². The summed E-state index contributed by atoms with van der Waals surface area (Å²) in [4.78, 5) is 13.5. The molecule has 0 bridgehead atoms. The van der Waals surface area contributed by atoms with E-state index in [-0.39, 0.29) is 17.9 Å². The summed E-state index contributed by atoms with van der Waals surface area (Å²) in [6.45, 7) is 0.506. The second-order valence-corrected chi connectivity index (χ2v) is 10.2. The molecule has 1 aliphatic heterocycles. The van der Waals surface area contributed by atoms with E-state index in [1.165, 1.54) is 6.07 Å². The summed E-state index contributed by atoms with van der Waals surface area (Å²) < 4.78 is 64.7. The van der Waals surface area contributed by atoms with Crippen molar-refractivity contribution in [2.45, 2.75) is 24.2 Å². The Labute approximate surface area is 211 Å². The molecule has 1 aliphatic rings. The highest BCUT2D eigenvalue weighted by molar-refractivity contribution is 8.23. The molecule has 0 radical (unpaired) electrons. The fourth-order valence-corrected chi connectivity index (χ4v) is 5.66. The molecule has 0 unspecified atom stereocenters. The predicted molar refractivity (Wildman–Crippen MR) is 134 cm³/mol. The van der Waals surface area contributed by atoms with Crippen LogP contribution >= 0.6 is 10.8 Å². The number of carbonyl (C=O) groups is 1. The Morgan fingerprint density at radius 2 is 1.81 bits per heavy atom. The average molecular weight is 530 g/mol. The second kappa shape index (κ2) is 9.32. The number of alkyl halides is 3. The highest BCUT2D eigenvalue weighted by Gasteiger charge is 2.36.